The Morgan fingerprint density at radius 2 is 0.968 bits per heavy atom. The predicted octanol–water partition coefficient (Wildman–Crippen LogP) is 18.2. The van der Waals surface area contributed by atoms with Gasteiger partial charge in [0.05, 0.1) is 5.69 Å². The average Bonchev–Trinajstić information content (AvgIpc) is 3.94. The van der Waals surface area contributed by atoms with Crippen molar-refractivity contribution < 1.29 is 4.42 Å². The summed E-state index contributed by atoms with van der Waals surface area (Å²) in [6, 6.07) is 48.4. The highest BCUT2D eigenvalue weighted by Crippen LogP contribution is 2.53. The van der Waals surface area contributed by atoms with Crippen molar-refractivity contribution in [1.82, 2.24) is 0 Å². The van der Waals surface area contributed by atoms with Gasteiger partial charge in [0.2, 0.25) is 0 Å². The van der Waals surface area contributed by atoms with Crippen molar-refractivity contribution in [2.75, 3.05) is 4.90 Å². The van der Waals surface area contributed by atoms with Crippen LogP contribution >= 0.6 is 22.7 Å². The predicted molar refractivity (Wildman–Crippen MR) is 270 cm³/mol. The minimum atomic E-state index is 0.115. The van der Waals surface area contributed by atoms with E-state index >= 15 is 0 Å². The smallest absolute Gasteiger partial charge is 0.136 e. The summed E-state index contributed by atoms with van der Waals surface area (Å²) < 4.78 is 12.0. The molecule has 0 bridgehead atoms. The maximum absolute atomic E-state index is 6.62. The molecule has 0 saturated carbocycles. The van der Waals surface area contributed by atoms with Crippen LogP contribution in [0, 0.1) is 0 Å². The molecule has 4 heteroatoms. The summed E-state index contributed by atoms with van der Waals surface area (Å²) in [7, 11) is 0. The Morgan fingerprint density at radius 1 is 0.403 bits per heavy atom. The second-order valence-corrected chi connectivity index (χ2v) is 23.2. The Kier molecular flexibility index (Phi) is 8.06. The first kappa shape index (κ1) is 38.3. The molecule has 2 nitrogen and oxygen atoms in total. The maximum Gasteiger partial charge on any atom is 0.136 e. The van der Waals surface area contributed by atoms with Crippen LogP contribution in [0.2, 0.25) is 0 Å². The van der Waals surface area contributed by atoms with Crippen LogP contribution < -0.4 is 4.90 Å². The van der Waals surface area contributed by atoms with E-state index in [2.05, 4.69) is 188 Å². The van der Waals surface area contributed by atoms with Gasteiger partial charge in [0.25, 0.3) is 0 Å². The van der Waals surface area contributed by atoms with E-state index in [1.807, 2.05) is 22.7 Å². The molecule has 2 aliphatic rings. The van der Waals surface area contributed by atoms with Gasteiger partial charge in [-0.25, -0.2) is 0 Å². The molecule has 10 aromatic rings. The first-order valence-corrected chi connectivity index (χ1v) is 24.1. The third-order valence-corrected chi connectivity index (χ3v) is 17.4. The summed E-state index contributed by atoms with van der Waals surface area (Å²) in [6.45, 7) is 19.5. The van der Waals surface area contributed by atoms with Crippen molar-refractivity contribution in [2.45, 2.75) is 103 Å². The van der Waals surface area contributed by atoms with E-state index in [0.29, 0.717) is 0 Å². The summed E-state index contributed by atoms with van der Waals surface area (Å²) >= 11 is 3.88. The van der Waals surface area contributed by atoms with Crippen LogP contribution in [-0.2, 0) is 21.7 Å². The number of nitrogens with zero attached hydrogens (tertiary/aromatic N) is 1. The quantitative estimate of drug-likeness (QED) is 0.175. The number of hydrogen-bond acceptors (Lipinski definition) is 4. The number of rotatable bonds is 4. The van der Waals surface area contributed by atoms with Crippen LogP contribution in [0.25, 0.3) is 73.4 Å². The number of hydrogen-bond donors (Lipinski definition) is 0. The van der Waals surface area contributed by atoms with Gasteiger partial charge in [0.15, 0.2) is 0 Å². The lowest BCUT2D eigenvalue weighted by atomic mass is 9.63. The molecule has 0 atom stereocenters. The lowest BCUT2D eigenvalue weighted by Crippen LogP contribution is -2.33. The molecule has 2 aliphatic carbocycles. The number of fused-ring (bicyclic) bond motifs is 11. The number of benzene rings is 7. The first-order chi connectivity index (χ1) is 29.6. The van der Waals surface area contributed by atoms with Gasteiger partial charge in [-0.1, -0.05) is 97.9 Å². The lowest BCUT2D eigenvalue weighted by Gasteiger charge is -2.42. The fourth-order valence-electron chi connectivity index (χ4n) is 11.2. The third-order valence-electron chi connectivity index (χ3n) is 15.2. The van der Waals surface area contributed by atoms with Crippen molar-refractivity contribution in [3.05, 3.63) is 150 Å². The minimum Gasteiger partial charge on any atom is -0.456 e. The monoisotopic (exact) mass is 843 g/mol. The molecule has 0 spiro atoms. The number of furan rings is 1. The van der Waals surface area contributed by atoms with Crippen LogP contribution in [0.5, 0.6) is 0 Å². The molecule has 0 aliphatic heterocycles. The van der Waals surface area contributed by atoms with E-state index in [4.69, 9.17) is 4.42 Å². The third kappa shape index (κ3) is 5.72. The Morgan fingerprint density at radius 3 is 1.65 bits per heavy atom. The van der Waals surface area contributed by atoms with Crippen molar-refractivity contribution >= 4 is 102 Å². The van der Waals surface area contributed by atoms with Crippen molar-refractivity contribution in [2.24, 2.45) is 0 Å². The molecule has 0 radical (unpaired) electrons. The van der Waals surface area contributed by atoms with E-state index in [-0.39, 0.29) is 21.7 Å². The van der Waals surface area contributed by atoms with Crippen LogP contribution in [0.15, 0.2) is 132 Å². The molecule has 308 valence electrons. The van der Waals surface area contributed by atoms with Crippen LogP contribution in [-0.4, -0.2) is 0 Å². The second kappa shape index (κ2) is 13.1. The fourth-order valence-corrected chi connectivity index (χ4v) is 13.4. The van der Waals surface area contributed by atoms with Gasteiger partial charge < -0.3 is 9.32 Å². The number of anilines is 3. The molecule has 62 heavy (non-hydrogen) atoms. The highest BCUT2D eigenvalue weighted by atomic mass is 32.1. The van der Waals surface area contributed by atoms with Crippen LogP contribution in [0.3, 0.4) is 0 Å². The maximum atomic E-state index is 6.62. The Balaban J connectivity index is 1.11. The van der Waals surface area contributed by atoms with Crippen molar-refractivity contribution in [1.29, 1.82) is 0 Å². The summed E-state index contributed by atoms with van der Waals surface area (Å²) in [4.78, 5) is 2.54. The van der Waals surface area contributed by atoms with Gasteiger partial charge in [-0.15, -0.1) is 22.7 Å². The van der Waals surface area contributed by atoms with E-state index in [1.165, 1.54) is 105 Å². The Labute approximate surface area is 372 Å². The topological polar surface area (TPSA) is 16.4 Å². The molecule has 7 aromatic carbocycles. The summed E-state index contributed by atoms with van der Waals surface area (Å²) in [5, 5.41) is 7.65. The van der Waals surface area contributed by atoms with E-state index in [0.717, 1.165) is 33.2 Å². The highest BCUT2D eigenvalue weighted by Gasteiger charge is 2.39. The zero-order valence-electron chi connectivity index (χ0n) is 37.1. The normalized spacial score (nSPS) is 17.6. The molecule has 0 saturated heterocycles. The molecular weight excluding hydrogens is 791 g/mol. The Bertz CT molecular complexity index is 3480. The van der Waals surface area contributed by atoms with Crippen molar-refractivity contribution in [3.63, 3.8) is 0 Å². The SMILES string of the molecule is CC1(C)CCC(C)(C)c2cc3c(cc21)sc1ccc(N(c2ccc4oc5cc(-c6ccccc6)ccc5c4c2)c2cccc4sc5cc6c(cc5c24)C(C)(C)CCC6(C)C)cc13. The van der Waals surface area contributed by atoms with Crippen LogP contribution in [0.1, 0.15) is 103 Å². The van der Waals surface area contributed by atoms with Gasteiger partial charge in [-0.3, -0.25) is 0 Å². The standard InChI is InChI=1S/C58H53NOS2/c1-55(2)23-25-57(5,6)45-32-52-41(30-43(45)55)40-29-37(19-22-50(40)61-52)59(36-18-21-48-39(28-36)38-20-17-35(27-49(38)60-48)34-13-10-9-11-14-34)47-15-12-16-51-54(47)42-31-44-46(33-53(42)62-51)58(7,8)26-24-56(44,3)4/h9-22,27-33H,23-26H2,1-8H3. The Hall–Kier alpha value is -5.42. The highest BCUT2D eigenvalue weighted by molar-refractivity contribution is 7.26. The molecule has 0 amide bonds. The molecule has 3 aromatic heterocycles. The van der Waals surface area contributed by atoms with Crippen molar-refractivity contribution in [3.8, 4) is 11.1 Å². The second-order valence-electron chi connectivity index (χ2n) is 21.1. The minimum absolute atomic E-state index is 0.115. The van der Waals surface area contributed by atoms with Gasteiger partial charge >= 0.3 is 0 Å². The number of thiophene rings is 2. The summed E-state index contributed by atoms with van der Waals surface area (Å²) in [6.07, 6.45) is 4.82. The molecule has 0 unspecified atom stereocenters. The van der Waals surface area contributed by atoms with Gasteiger partial charge in [0, 0.05) is 62.5 Å². The largest absolute Gasteiger partial charge is 0.456 e. The van der Waals surface area contributed by atoms with E-state index in [9.17, 15) is 0 Å². The van der Waals surface area contributed by atoms with E-state index < -0.39 is 0 Å². The van der Waals surface area contributed by atoms with Gasteiger partial charge in [0.1, 0.15) is 11.2 Å². The van der Waals surface area contributed by atoms with E-state index in [1.54, 1.807) is 0 Å². The fraction of sp³-hybridized carbons (Fsp3) is 0.276. The zero-order chi connectivity index (χ0) is 42.5. The van der Waals surface area contributed by atoms with Gasteiger partial charge in [-0.05, 0) is 166 Å². The zero-order valence-corrected chi connectivity index (χ0v) is 38.8. The molecule has 0 fully saturated rings. The molecule has 12 rings (SSSR count). The molecule has 0 N–H and O–H groups in total. The molecular formula is C58H53NOS2. The van der Waals surface area contributed by atoms with Gasteiger partial charge in [-0.2, -0.15) is 0 Å². The molecule has 3 heterocycles. The lowest BCUT2D eigenvalue weighted by molar-refractivity contribution is 0.332. The summed E-state index contributed by atoms with van der Waals surface area (Å²) in [5.74, 6) is 0. The first-order valence-electron chi connectivity index (χ1n) is 22.5. The summed E-state index contributed by atoms with van der Waals surface area (Å²) in [5.41, 5.74) is 14.3. The van der Waals surface area contributed by atoms with Crippen LogP contribution in [0.4, 0.5) is 17.1 Å². The average molecular weight is 844 g/mol.